The smallest absolute Gasteiger partial charge is 0.188 e. The van der Waals surface area contributed by atoms with Crippen LogP contribution in [0, 0.1) is 13.8 Å². The minimum Gasteiger partial charge on any atom is -0.484 e. The molecule has 0 spiro atoms. The van der Waals surface area contributed by atoms with Crippen molar-refractivity contribution in [1.82, 2.24) is 0 Å². The highest BCUT2D eigenvalue weighted by Gasteiger charge is 2.02. The third kappa shape index (κ3) is 6.11. The topological polar surface area (TPSA) is 21.6 Å². The zero-order valence-electron chi connectivity index (χ0n) is 12.2. The molecule has 106 valence electrons. The third-order valence-corrected chi connectivity index (χ3v) is 3.37. The highest BCUT2D eigenvalue weighted by Crippen LogP contribution is 2.20. The van der Waals surface area contributed by atoms with Crippen LogP contribution in [0.1, 0.15) is 43.2 Å². The van der Waals surface area contributed by atoms with Crippen LogP contribution in [-0.4, -0.2) is 18.9 Å². The first-order valence-electron chi connectivity index (χ1n) is 6.92. The van der Waals surface area contributed by atoms with Crippen molar-refractivity contribution in [3.8, 4) is 0 Å². The van der Waals surface area contributed by atoms with Gasteiger partial charge in [0.1, 0.15) is 0 Å². The number of rotatable bonds is 7. The van der Waals surface area contributed by atoms with Crippen molar-refractivity contribution in [2.75, 3.05) is 13.0 Å². The predicted octanol–water partition coefficient (Wildman–Crippen LogP) is 5.17. The van der Waals surface area contributed by atoms with E-state index in [2.05, 4.69) is 37.0 Å². The van der Waals surface area contributed by atoms with Gasteiger partial charge in [-0.1, -0.05) is 30.5 Å². The Labute approximate surface area is 121 Å². The summed E-state index contributed by atoms with van der Waals surface area (Å²) >= 11 is 5.66. The van der Waals surface area contributed by atoms with Gasteiger partial charge in [0, 0.05) is 12.3 Å². The molecule has 0 saturated carbocycles. The van der Waals surface area contributed by atoms with E-state index in [0.29, 0.717) is 0 Å². The van der Waals surface area contributed by atoms with E-state index in [1.807, 2.05) is 0 Å². The second-order valence-electron chi connectivity index (χ2n) is 4.85. The number of hydrogen-bond donors (Lipinski definition) is 0. The van der Waals surface area contributed by atoms with Crippen molar-refractivity contribution in [1.29, 1.82) is 0 Å². The lowest BCUT2D eigenvalue weighted by molar-refractivity contribution is 0.387. The van der Waals surface area contributed by atoms with Crippen molar-refractivity contribution in [3.05, 3.63) is 29.3 Å². The number of hydrogen-bond acceptors (Lipinski definition) is 2. The van der Waals surface area contributed by atoms with E-state index in [4.69, 9.17) is 16.3 Å². The van der Waals surface area contributed by atoms with Gasteiger partial charge in [-0.3, -0.25) is 0 Å². The summed E-state index contributed by atoms with van der Waals surface area (Å²) in [5, 5.41) is 0. The molecular formula is C16H24ClNO. The zero-order chi connectivity index (χ0) is 14.1. The fourth-order valence-corrected chi connectivity index (χ4v) is 2.18. The monoisotopic (exact) mass is 281 g/mol. The summed E-state index contributed by atoms with van der Waals surface area (Å²) in [6.45, 7) is 4.17. The Morgan fingerprint density at radius 2 is 1.89 bits per heavy atom. The van der Waals surface area contributed by atoms with E-state index in [-0.39, 0.29) is 0 Å². The Kier molecular flexibility index (Phi) is 7.57. The van der Waals surface area contributed by atoms with Gasteiger partial charge in [-0.15, -0.1) is 11.6 Å². The number of aliphatic imine (C=N–C) groups is 1. The summed E-state index contributed by atoms with van der Waals surface area (Å²) in [6.07, 6.45) is 5.46. The van der Waals surface area contributed by atoms with Crippen LogP contribution >= 0.6 is 11.6 Å². The maximum absolute atomic E-state index is 5.66. The lowest BCUT2D eigenvalue weighted by Crippen LogP contribution is -2.01. The molecule has 0 unspecified atom stereocenters. The molecule has 0 aromatic heterocycles. The van der Waals surface area contributed by atoms with Crippen molar-refractivity contribution < 1.29 is 4.74 Å². The average molecular weight is 282 g/mol. The largest absolute Gasteiger partial charge is 0.484 e. The number of methoxy groups -OCH3 is 1. The van der Waals surface area contributed by atoms with E-state index in [1.54, 1.807) is 7.11 Å². The summed E-state index contributed by atoms with van der Waals surface area (Å²) in [7, 11) is 1.70. The van der Waals surface area contributed by atoms with E-state index < -0.39 is 0 Å². The molecule has 0 aliphatic carbocycles. The Hall–Kier alpha value is -1.02. The van der Waals surface area contributed by atoms with E-state index in [9.17, 15) is 0 Å². The highest BCUT2D eigenvalue weighted by atomic mass is 35.5. The van der Waals surface area contributed by atoms with Crippen LogP contribution in [0.25, 0.3) is 0 Å². The molecule has 0 N–H and O–H groups in total. The molecule has 0 aliphatic rings. The summed E-state index contributed by atoms with van der Waals surface area (Å²) < 4.78 is 5.37. The summed E-state index contributed by atoms with van der Waals surface area (Å²) in [5.74, 6) is 1.58. The Balaban J connectivity index is 2.55. The molecule has 0 bridgehead atoms. The van der Waals surface area contributed by atoms with Crippen LogP contribution in [0.15, 0.2) is 23.2 Å². The molecule has 0 radical (unpaired) electrons. The SMILES string of the molecule is COC(CCCCCCCl)=Nc1ccc(C)cc1C. The maximum Gasteiger partial charge on any atom is 0.188 e. The number of halogens is 1. The predicted molar refractivity (Wildman–Crippen MR) is 83.8 cm³/mol. The van der Waals surface area contributed by atoms with Crippen LogP contribution in [0.3, 0.4) is 0 Å². The molecule has 3 heteroatoms. The van der Waals surface area contributed by atoms with Crippen molar-refractivity contribution in [3.63, 3.8) is 0 Å². The van der Waals surface area contributed by atoms with Gasteiger partial charge in [0.05, 0.1) is 12.8 Å². The Bertz CT molecular complexity index is 415. The second-order valence-corrected chi connectivity index (χ2v) is 5.23. The number of ether oxygens (including phenoxy) is 1. The fraction of sp³-hybridized carbons (Fsp3) is 0.562. The standard InChI is InChI=1S/C16H24ClNO/c1-13-9-10-15(14(2)12-13)18-16(19-3)8-6-4-5-7-11-17/h9-10,12H,4-8,11H2,1-3H3. The molecule has 19 heavy (non-hydrogen) atoms. The third-order valence-electron chi connectivity index (χ3n) is 3.11. The minimum atomic E-state index is 0.758. The number of unbranched alkanes of at least 4 members (excludes halogenated alkanes) is 3. The molecule has 0 saturated heterocycles. The quantitative estimate of drug-likeness (QED) is 0.292. The van der Waals surface area contributed by atoms with Crippen molar-refractivity contribution in [2.24, 2.45) is 4.99 Å². The molecule has 1 aromatic carbocycles. The van der Waals surface area contributed by atoms with Gasteiger partial charge in [0.2, 0.25) is 0 Å². The molecule has 0 aliphatic heterocycles. The average Bonchev–Trinajstić information content (AvgIpc) is 2.39. The van der Waals surface area contributed by atoms with E-state index in [0.717, 1.165) is 36.7 Å². The number of alkyl halides is 1. The molecule has 2 nitrogen and oxygen atoms in total. The van der Waals surface area contributed by atoms with Gasteiger partial charge in [-0.2, -0.15) is 0 Å². The summed E-state index contributed by atoms with van der Waals surface area (Å²) in [6, 6.07) is 6.28. The zero-order valence-corrected chi connectivity index (χ0v) is 13.0. The molecule has 1 aromatic rings. The van der Waals surface area contributed by atoms with Gasteiger partial charge in [0.25, 0.3) is 0 Å². The van der Waals surface area contributed by atoms with Crippen molar-refractivity contribution in [2.45, 2.75) is 46.0 Å². The minimum absolute atomic E-state index is 0.758. The van der Waals surface area contributed by atoms with E-state index in [1.165, 1.54) is 24.0 Å². The van der Waals surface area contributed by atoms with Crippen LogP contribution in [-0.2, 0) is 4.74 Å². The molecule has 1 rings (SSSR count). The molecular weight excluding hydrogens is 258 g/mol. The molecule has 0 fully saturated rings. The summed E-state index contributed by atoms with van der Waals surface area (Å²) in [5.41, 5.74) is 3.45. The lowest BCUT2D eigenvalue weighted by Gasteiger charge is -2.07. The van der Waals surface area contributed by atoms with Gasteiger partial charge >= 0.3 is 0 Å². The Morgan fingerprint density at radius 3 is 2.53 bits per heavy atom. The van der Waals surface area contributed by atoms with Gasteiger partial charge in [-0.25, -0.2) is 4.99 Å². The van der Waals surface area contributed by atoms with Crippen LogP contribution < -0.4 is 0 Å². The number of benzene rings is 1. The molecule has 0 atom stereocenters. The van der Waals surface area contributed by atoms with Crippen LogP contribution in [0.4, 0.5) is 5.69 Å². The summed E-state index contributed by atoms with van der Waals surface area (Å²) in [4.78, 5) is 4.60. The van der Waals surface area contributed by atoms with E-state index >= 15 is 0 Å². The maximum atomic E-state index is 5.66. The first kappa shape index (κ1) is 16.0. The normalized spacial score (nSPS) is 11.7. The molecule has 0 heterocycles. The van der Waals surface area contributed by atoms with Gasteiger partial charge < -0.3 is 4.74 Å². The lowest BCUT2D eigenvalue weighted by atomic mass is 10.1. The second kappa shape index (κ2) is 8.98. The number of nitrogens with zero attached hydrogens (tertiary/aromatic N) is 1. The van der Waals surface area contributed by atoms with Gasteiger partial charge in [-0.05, 0) is 38.3 Å². The van der Waals surface area contributed by atoms with Crippen LogP contribution in [0.2, 0.25) is 0 Å². The molecule has 0 amide bonds. The Morgan fingerprint density at radius 1 is 1.16 bits per heavy atom. The number of aryl methyl sites for hydroxylation is 2. The highest BCUT2D eigenvalue weighted by molar-refractivity contribution is 6.17. The van der Waals surface area contributed by atoms with Gasteiger partial charge in [0.15, 0.2) is 5.90 Å². The first-order valence-corrected chi connectivity index (χ1v) is 7.45. The van der Waals surface area contributed by atoms with Crippen LogP contribution in [0.5, 0.6) is 0 Å². The fourth-order valence-electron chi connectivity index (χ4n) is 1.99. The van der Waals surface area contributed by atoms with Crippen molar-refractivity contribution >= 4 is 23.2 Å². The first-order chi connectivity index (χ1) is 9.17.